The van der Waals surface area contributed by atoms with Crippen LogP contribution in [0.3, 0.4) is 0 Å². The van der Waals surface area contributed by atoms with Crippen molar-refractivity contribution in [2.75, 3.05) is 23.4 Å². The topological polar surface area (TPSA) is 37.8 Å². The third-order valence-corrected chi connectivity index (χ3v) is 3.69. The molecular weight excluding hydrogens is 194 g/mol. The Morgan fingerprint density at radius 3 is 3.07 bits per heavy atom. The highest BCUT2D eigenvalue weighted by Crippen LogP contribution is 2.23. The number of nitrogens with zero attached hydrogens (tertiary/aromatic N) is 2. The lowest BCUT2D eigenvalue weighted by molar-refractivity contribution is 0.630. The summed E-state index contributed by atoms with van der Waals surface area (Å²) in [5.74, 6) is 4.34. The van der Waals surface area contributed by atoms with Gasteiger partial charge in [0.1, 0.15) is 5.82 Å². The molecule has 1 N–H and O–H groups in total. The number of anilines is 1. The van der Waals surface area contributed by atoms with E-state index in [2.05, 4.69) is 15.3 Å². The molecule has 4 heteroatoms. The minimum Gasteiger partial charge on any atom is -0.368 e. The number of nitrogens with one attached hydrogen (secondary N) is 1. The number of aromatic nitrogens is 2. The van der Waals surface area contributed by atoms with E-state index in [1.165, 1.54) is 17.9 Å². The van der Waals surface area contributed by atoms with Gasteiger partial charge in [0, 0.05) is 18.9 Å². The monoisotopic (exact) mass is 209 g/mol. The van der Waals surface area contributed by atoms with Crippen molar-refractivity contribution in [3.05, 3.63) is 18.1 Å². The van der Waals surface area contributed by atoms with Gasteiger partial charge >= 0.3 is 0 Å². The Balaban J connectivity index is 1.88. The number of hydrogen-bond acceptors (Lipinski definition) is 4. The molecule has 1 unspecified atom stereocenters. The molecule has 1 aromatic heterocycles. The predicted octanol–water partition coefficient (Wildman–Crippen LogP) is 1.95. The van der Waals surface area contributed by atoms with Crippen LogP contribution in [0.2, 0.25) is 0 Å². The summed E-state index contributed by atoms with van der Waals surface area (Å²) in [5.41, 5.74) is 0.984. The maximum atomic E-state index is 4.26. The van der Waals surface area contributed by atoms with E-state index < -0.39 is 0 Å². The predicted molar refractivity (Wildman–Crippen MR) is 60.7 cm³/mol. The van der Waals surface area contributed by atoms with E-state index in [1.807, 2.05) is 18.7 Å². The zero-order chi connectivity index (χ0) is 9.80. The van der Waals surface area contributed by atoms with Gasteiger partial charge in [-0.1, -0.05) is 0 Å². The summed E-state index contributed by atoms with van der Waals surface area (Å²) in [7, 11) is 0. The van der Waals surface area contributed by atoms with E-state index in [0.717, 1.165) is 24.0 Å². The lowest BCUT2D eigenvalue weighted by Crippen LogP contribution is -2.15. The average molecular weight is 209 g/mol. The van der Waals surface area contributed by atoms with E-state index in [1.54, 1.807) is 12.4 Å². The highest BCUT2D eigenvalue weighted by atomic mass is 32.2. The van der Waals surface area contributed by atoms with Crippen molar-refractivity contribution in [3.63, 3.8) is 0 Å². The number of thioether (sulfide) groups is 1. The Hall–Kier alpha value is -0.770. The van der Waals surface area contributed by atoms with Crippen molar-refractivity contribution in [1.82, 2.24) is 9.97 Å². The number of aryl methyl sites for hydroxylation is 1. The minimum atomic E-state index is 0.807. The van der Waals surface area contributed by atoms with Crippen molar-refractivity contribution < 1.29 is 0 Å². The first-order valence-corrected chi connectivity index (χ1v) is 6.11. The van der Waals surface area contributed by atoms with Gasteiger partial charge in [-0.05, 0) is 30.8 Å². The molecule has 2 heterocycles. The maximum Gasteiger partial charge on any atom is 0.147 e. The van der Waals surface area contributed by atoms with Gasteiger partial charge in [0.2, 0.25) is 0 Å². The van der Waals surface area contributed by atoms with Crippen LogP contribution in [0.5, 0.6) is 0 Å². The van der Waals surface area contributed by atoms with Crippen LogP contribution in [-0.2, 0) is 0 Å². The van der Waals surface area contributed by atoms with E-state index in [0.29, 0.717) is 0 Å². The third-order valence-electron chi connectivity index (χ3n) is 2.46. The summed E-state index contributed by atoms with van der Waals surface area (Å²) in [6, 6.07) is 0. The van der Waals surface area contributed by atoms with Crippen molar-refractivity contribution >= 4 is 17.6 Å². The summed E-state index contributed by atoms with van der Waals surface area (Å²) in [4.78, 5) is 8.45. The van der Waals surface area contributed by atoms with Crippen LogP contribution >= 0.6 is 11.8 Å². The zero-order valence-electron chi connectivity index (χ0n) is 8.36. The smallest absolute Gasteiger partial charge is 0.147 e. The lowest BCUT2D eigenvalue weighted by atomic mass is 10.1. The molecule has 0 spiro atoms. The van der Waals surface area contributed by atoms with Gasteiger partial charge in [-0.2, -0.15) is 11.8 Å². The second-order valence-corrected chi connectivity index (χ2v) is 4.75. The molecule has 1 aliphatic rings. The third kappa shape index (κ3) is 2.38. The second-order valence-electron chi connectivity index (χ2n) is 3.60. The summed E-state index contributed by atoms with van der Waals surface area (Å²) in [6.45, 7) is 3.02. The summed E-state index contributed by atoms with van der Waals surface area (Å²) in [6.07, 6.45) is 4.79. The molecule has 2 rings (SSSR count). The molecule has 14 heavy (non-hydrogen) atoms. The SMILES string of the molecule is Cc1nccnc1NCC1CCSC1. The van der Waals surface area contributed by atoms with Crippen LogP contribution in [-0.4, -0.2) is 28.0 Å². The fraction of sp³-hybridized carbons (Fsp3) is 0.600. The molecule has 1 atom stereocenters. The molecule has 0 aromatic carbocycles. The van der Waals surface area contributed by atoms with Gasteiger partial charge in [0.25, 0.3) is 0 Å². The fourth-order valence-electron chi connectivity index (χ4n) is 1.57. The Labute approximate surface area is 88.7 Å². The Morgan fingerprint density at radius 2 is 2.36 bits per heavy atom. The van der Waals surface area contributed by atoms with Crippen molar-refractivity contribution in [2.45, 2.75) is 13.3 Å². The molecule has 0 aliphatic carbocycles. The Kier molecular flexibility index (Phi) is 3.24. The van der Waals surface area contributed by atoms with Crippen molar-refractivity contribution in [3.8, 4) is 0 Å². The van der Waals surface area contributed by atoms with E-state index in [9.17, 15) is 0 Å². The molecule has 1 saturated heterocycles. The number of hydrogen-bond donors (Lipinski definition) is 1. The Bertz CT molecular complexity index is 297. The molecule has 3 nitrogen and oxygen atoms in total. The summed E-state index contributed by atoms with van der Waals surface area (Å²) in [5, 5.41) is 3.37. The van der Waals surface area contributed by atoms with Crippen LogP contribution in [0.25, 0.3) is 0 Å². The first-order chi connectivity index (χ1) is 6.86. The van der Waals surface area contributed by atoms with Gasteiger partial charge < -0.3 is 5.32 Å². The molecule has 0 amide bonds. The van der Waals surface area contributed by atoms with Gasteiger partial charge in [-0.15, -0.1) is 0 Å². The molecule has 1 fully saturated rings. The van der Waals surface area contributed by atoms with Crippen LogP contribution in [0.1, 0.15) is 12.1 Å². The lowest BCUT2D eigenvalue weighted by Gasteiger charge is -2.11. The van der Waals surface area contributed by atoms with Gasteiger partial charge in [-0.25, -0.2) is 4.98 Å². The maximum absolute atomic E-state index is 4.26. The van der Waals surface area contributed by atoms with Crippen LogP contribution in [0.15, 0.2) is 12.4 Å². The minimum absolute atomic E-state index is 0.807. The molecule has 0 radical (unpaired) electrons. The molecule has 76 valence electrons. The van der Waals surface area contributed by atoms with E-state index in [4.69, 9.17) is 0 Å². The molecule has 0 saturated carbocycles. The second kappa shape index (κ2) is 4.64. The Morgan fingerprint density at radius 1 is 1.50 bits per heavy atom. The molecule has 1 aliphatic heterocycles. The van der Waals surface area contributed by atoms with Crippen molar-refractivity contribution in [1.29, 1.82) is 0 Å². The molecular formula is C10H15N3S. The van der Waals surface area contributed by atoms with Crippen LogP contribution < -0.4 is 5.32 Å². The van der Waals surface area contributed by atoms with Gasteiger partial charge in [0.15, 0.2) is 0 Å². The fourth-order valence-corrected chi connectivity index (χ4v) is 2.85. The zero-order valence-corrected chi connectivity index (χ0v) is 9.18. The van der Waals surface area contributed by atoms with E-state index >= 15 is 0 Å². The van der Waals surface area contributed by atoms with Gasteiger partial charge in [-0.3, -0.25) is 4.98 Å². The van der Waals surface area contributed by atoms with Crippen molar-refractivity contribution in [2.24, 2.45) is 5.92 Å². The molecule has 0 bridgehead atoms. The highest BCUT2D eigenvalue weighted by molar-refractivity contribution is 7.99. The normalized spacial score (nSPS) is 21.1. The van der Waals surface area contributed by atoms with E-state index in [-0.39, 0.29) is 0 Å². The first-order valence-electron chi connectivity index (χ1n) is 4.95. The summed E-state index contributed by atoms with van der Waals surface area (Å²) < 4.78 is 0. The van der Waals surface area contributed by atoms with Crippen LogP contribution in [0.4, 0.5) is 5.82 Å². The quantitative estimate of drug-likeness (QED) is 0.825. The first kappa shape index (κ1) is 9.77. The summed E-state index contributed by atoms with van der Waals surface area (Å²) >= 11 is 2.05. The van der Waals surface area contributed by atoms with Gasteiger partial charge in [0.05, 0.1) is 5.69 Å². The number of rotatable bonds is 3. The standard InChI is InChI=1S/C10H15N3S/c1-8-10(12-4-3-11-8)13-6-9-2-5-14-7-9/h3-4,9H,2,5-7H2,1H3,(H,12,13). The largest absolute Gasteiger partial charge is 0.368 e. The molecule has 1 aromatic rings. The highest BCUT2D eigenvalue weighted by Gasteiger charge is 2.15. The van der Waals surface area contributed by atoms with Crippen LogP contribution in [0, 0.1) is 12.8 Å². The average Bonchev–Trinajstić information content (AvgIpc) is 2.69.